The largest absolute Gasteiger partial charge is 0.490 e. The Morgan fingerprint density at radius 3 is 2.76 bits per heavy atom. The first-order valence-corrected chi connectivity index (χ1v) is 5.20. The summed E-state index contributed by atoms with van der Waals surface area (Å²) in [7, 11) is 1.40. The Labute approximate surface area is 102 Å². The van der Waals surface area contributed by atoms with Gasteiger partial charge in [0.1, 0.15) is 5.15 Å². The molecule has 2 aromatic rings. The number of nitro benzene ring substituents is 1. The van der Waals surface area contributed by atoms with Gasteiger partial charge in [-0.15, -0.1) is 0 Å². The number of aromatic nitrogens is 1. The third-order valence-electron chi connectivity index (χ3n) is 2.48. The number of halogens is 1. The van der Waals surface area contributed by atoms with Crippen LogP contribution in [-0.2, 0) is 0 Å². The van der Waals surface area contributed by atoms with Gasteiger partial charge >= 0.3 is 5.69 Å². The van der Waals surface area contributed by atoms with Crippen LogP contribution in [0.25, 0.3) is 10.9 Å². The minimum Gasteiger partial charge on any atom is -0.490 e. The first kappa shape index (κ1) is 11.6. The highest BCUT2D eigenvalue weighted by molar-refractivity contribution is 6.30. The third-order valence-corrected chi connectivity index (χ3v) is 2.67. The lowest BCUT2D eigenvalue weighted by Crippen LogP contribution is -1.97. The molecule has 88 valence electrons. The van der Waals surface area contributed by atoms with Crippen LogP contribution in [0.2, 0.25) is 5.15 Å². The van der Waals surface area contributed by atoms with E-state index in [9.17, 15) is 10.1 Å². The van der Waals surface area contributed by atoms with Crippen LogP contribution in [0, 0.1) is 17.0 Å². The third kappa shape index (κ3) is 1.89. The molecule has 0 saturated carbocycles. The van der Waals surface area contributed by atoms with Gasteiger partial charge in [0, 0.05) is 0 Å². The maximum absolute atomic E-state index is 11.1. The van der Waals surface area contributed by atoms with Crippen molar-refractivity contribution in [3.05, 3.63) is 39.0 Å². The van der Waals surface area contributed by atoms with Crippen LogP contribution in [0.1, 0.15) is 5.56 Å². The molecule has 17 heavy (non-hydrogen) atoms. The number of fused-ring (bicyclic) bond motifs is 1. The molecule has 0 fully saturated rings. The summed E-state index contributed by atoms with van der Waals surface area (Å²) >= 11 is 5.82. The number of pyridine rings is 1. The first-order valence-electron chi connectivity index (χ1n) is 4.83. The summed E-state index contributed by atoms with van der Waals surface area (Å²) < 4.78 is 5.00. The van der Waals surface area contributed by atoms with Crippen molar-refractivity contribution >= 4 is 28.2 Å². The second kappa shape index (κ2) is 4.18. The van der Waals surface area contributed by atoms with E-state index in [0.717, 1.165) is 0 Å². The Balaban J connectivity index is 2.94. The van der Waals surface area contributed by atoms with Gasteiger partial charge in [-0.1, -0.05) is 11.6 Å². The fourth-order valence-electron chi connectivity index (χ4n) is 1.79. The van der Waals surface area contributed by atoms with Gasteiger partial charge in [0.25, 0.3) is 0 Å². The molecule has 0 spiro atoms. The lowest BCUT2D eigenvalue weighted by molar-refractivity contribution is -0.384. The summed E-state index contributed by atoms with van der Waals surface area (Å²) in [6.45, 7) is 1.75. The van der Waals surface area contributed by atoms with Crippen LogP contribution in [-0.4, -0.2) is 17.0 Å². The molecule has 0 aliphatic heterocycles. The molecule has 5 nitrogen and oxygen atoms in total. The van der Waals surface area contributed by atoms with Gasteiger partial charge < -0.3 is 4.74 Å². The highest BCUT2D eigenvalue weighted by Gasteiger charge is 2.21. The van der Waals surface area contributed by atoms with Gasteiger partial charge in [0.2, 0.25) is 0 Å². The van der Waals surface area contributed by atoms with Crippen molar-refractivity contribution in [1.82, 2.24) is 4.98 Å². The molecule has 2 rings (SSSR count). The lowest BCUT2D eigenvalue weighted by Gasteiger charge is -2.07. The zero-order chi connectivity index (χ0) is 12.6. The van der Waals surface area contributed by atoms with E-state index in [2.05, 4.69) is 4.98 Å². The predicted molar refractivity (Wildman–Crippen MR) is 64.7 cm³/mol. The van der Waals surface area contributed by atoms with Crippen LogP contribution in [0.15, 0.2) is 18.2 Å². The summed E-state index contributed by atoms with van der Waals surface area (Å²) in [5.41, 5.74) is 1.11. The van der Waals surface area contributed by atoms with Gasteiger partial charge in [0.15, 0.2) is 5.75 Å². The highest BCUT2D eigenvalue weighted by atomic mass is 35.5. The van der Waals surface area contributed by atoms with Gasteiger partial charge in [-0.05, 0) is 30.7 Å². The topological polar surface area (TPSA) is 65.3 Å². The number of hydrogen-bond acceptors (Lipinski definition) is 4. The zero-order valence-electron chi connectivity index (χ0n) is 9.23. The van der Waals surface area contributed by atoms with Crippen molar-refractivity contribution in [2.75, 3.05) is 7.11 Å². The second-order valence-electron chi connectivity index (χ2n) is 3.53. The van der Waals surface area contributed by atoms with Gasteiger partial charge in [0.05, 0.1) is 22.9 Å². The maximum atomic E-state index is 11.1. The molecule has 0 unspecified atom stereocenters. The molecule has 1 aromatic heterocycles. The maximum Gasteiger partial charge on any atom is 0.320 e. The molecule has 0 atom stereocenters. The summed E-state index contributed by atoms with van der Waals surface area (Å²) in [5.74, 6) is 0.217. The number of rotatable bonds is 2. The van der Waals surface area contributed by atoms with Crippen molar-refractivity contribution in [1.29, 1.82) is 0 Å². The average molecular weight is 253 g/mol. The Morgan fingerprint density at radius 1 is 1.47 bits per heavy atom. The van der Waals surface area contributed by atoms with Crippen LogP contribution in [0.3, 0.4) is 0 Å². The van der Waals surface area contributed by atoms with Crippen LogP contribution >= 0.6 is 11.6 Å². The molecule has 1 aromatic carbocycles. The fourth-order valence-corrected chi connectivity index (χ4v) is 2.04. The van der Waals surface area contributed by atoms with E-state index in [1.807, 2.05) is 0 Å². The van der Waals surface area contributed by atoms with Crippen LogP contribution in [0.4, 0.5) is 5.69 Å². The second-order valence-corrected chi connectivity index (χ2v) is 3.92. The van der Waals surface area contributed by atoms with Crippen molar-refractivity contribution in [2.45, 2.75) is 6.92 Å². The lowest BCUT2D eigenvalue weighted by atomic mass is 10.1. The normalized spacial score (nSPS) is 10.5. The average Bonchev–Trinajstić information content (AvgIpc) is 2.27. The molecular weight excluding hydrogens is 244 g/mol. The van der Waals surface area contributed by atoms with E-state index in [1.54, 1.807) is 19.1 Å². The van der Waals surface area contributed by atoms with Crippen LogP contribution < -0.4 is 4.74 Å². The van der Waals surface area contributed by atoms with Crippen molar-refractivity contribution in [3.63, 3.8) is 0 Å². The van der Waals surface area contributed by atoms with Gasteiger partial charge in [-0.3, -0.25) is 10.1 Å². The monoisotopic (exact) mass is 252 g/mol. The van der Waals surface area contributed by atoms with Crippen LogP contribution in [0.5, 0.6) is 5.75 Å². The highest BCUT2D eigenvalue weighted by Crippen LogP contribution is 2.36. The van der Waals surface area contributed by atoms with E-state index in [4.69, 9.17) is 16.3 Å². The molecule has 0 saturated heterocycles. The van der Waals surface area contributed by atoms with Gasteiger partial charge in [-0.25, -0.2) is 4.98 Å². The summed E-state index contributed by atoms with van der Waals surface area (Å²) in [4.78, 5) is 14.7. The molecule has 0 amide bonds. The van der Waals surface area contributed by atoms with Crippen molar-refractivity contribution in [2.24, 2.45) is 0 Å². The molecule has 0 N–H and O–H groups in total. The number of aryl methyl sites for hydroxylation is 1. The number of nitrogens with zero attached hydrogens (tertiary/aromatic N) is 2. The first-order chi connectivity index (χ1) is 8.04. The number of hydrogen-bond donors (Lipinski definition) is 0. The smallest absolute Gasteiger partial charge is 0.320 e. The minimum absolute atomic E-state index is 0.0772. The summed E-state index contributed by atoms with van der Waals surface area (Å²) in [6, 6.07) is 4.76. The summed E-state index contributed by atoms with van der Waals surface area (Å²) in [5, 5.41) is 11.9. The fraction of sp³-hybridized carbons (Fsp3) is 0.182. The number of nitro groups is 1. The van der Waals surface area contributed by atoms with Crippen molar-refractivity contribution < 1.29 is 9.66 Å². The molecule has 0 radical (unpaired) electrons. The molecule has 6 heteroatoms. The number of ether oxygens (including phenoxy) is 1. The molecular formula is C11H9ClN2O3. The molecule has 1 heterocycles. The van der Waals surface area contributed by atoms with E-state index in [-0.39, 0.29) is 11.4 Å². The number of methoxy groups -OCH3 is 1. The Hall–Kier alpha value is -1.88. The summed E-state index contributed by atoms with van der Waals surface area (Å²) in [6.07, 6.45) is 0. The van der Waals surface area contributed by atoms with E-state index < -0.39 is 4.92 Å². The molecule has 0 aliphatic rings. The SMILES string of the molecule is COc1ccc2nc(Cl)cc(C)c2c1[N+](=O)[O-]. The van der Waals surface area contributed by atoms with E-state index >= 15 is 0 Å². The Kier molecular flexibility index (Phi) is 2.85. The van der Waals surface area contributed by atoms with Crippen molar-refractivity contribution in [3.8, 4) is 5.75 Å². The molecule has 0 bridgehead atoms. The quantitative estimate of drug-likeness (QED) is 0.468. The van der Waals surface area contributed by atoms with E-state index in [1.165, 1.54) is 13.2 Å². The van der Waals surface area contributed by atoms with Gasteiger partial charge in [-0.2, -0.15) is 0 Å². The zero-order valence-corrected chi connectivity index (χ0v) is 9.99. The Bertz CT molecular complexity index is 613. The number of benzene rings is 1. The standard InChI is InChI=1S/C11H9ClN2O3/c1-6-5-9(12)13-7-3-4-8(17-2)11(10(6)7)14(15)16/h3-5H,1-2H3. The molecule has 0 aliphatic carbocycles. The van der Waals surface area contributed by atoms with E-state index in [0.29, 0.717) is 21.6 Å². The predicted octanol–water partition coefficient (Wildman–Crippen LogP) is 3.11. The minimum atomic E-state index is -0.469. The Morgan fingerprint density at radius 2 is 2.18 bits per heavy atom.